The number of hydrogen-bond acceptors (Lipinski definition) is 6. The Morgan fingerprint density at radius 3 is 2.76 bits per heavy atom. The van der Waals surface area contributed by atoms with Crippen molar-refractivity contribution in [3.05, 3.63) is 39.8 Å². The lowest BCUT2D eigenvalue weighted by molar-refractivity contribution is -0.148. The van der Waals surface area contributed by atoms with Crippen LogP contribution in [0.1, 0.15) is 37.1 Å². The van der Waals surface area contributed by atoms with Crippen LogP contribution in [0.4, 0.5) is 0 Å². The molecule has 1 N–H and O–H groups in total. The summed E-state index contributed by atoms with van der Waals surface area (Å²) in [6.07, 6.45) is 5.66. The summed E-state index contributed by atoms with van der Waals surface area (Å²) in [6.45, 7) is 4.64. The number of aliphatic hydroxyl groups excluding tert-OH is 1. The summed E-state index contributed by atoms with van der Waals surface area (Å²) in [4.78, 5) is 28.2. The fourth-order valence-corrected chi connectivity index (χ4v) is 5.43. The summed E-state index contributed by atoms with van der Waals surface area (Å²) in [5.41, 5.74) is 1.45. The van der Waals surface area contributed by atoms with E-state index in [1.807, 2.05) is 31.2 Å². The summed E-state index contributed by atoms with van der Waals surface area (Å²) in [5.74, 6) is -0.552. The highest BCUT2D eigenvalue weighted by molar-refractivity contribution is 5.74. The van der Waals surface area contributed by atoms with Crippen LogP contribution in [0.5, 0.6) is 0 Å². The van der Waals surface area contributed by atoms with Gasteiger partial charge in [0.2, 0.25) is 0 Å². The van der Waals surface area contributed by atoms with Crippen LogP contribution in [0.15, 0.2) is 23.0 Å². The second kappa shape index (κ2) is 8.42. The van der Waals surface area contributed by atoms with E-state index in [2.05, 4.69) is 4.90 Å². The number of pyridine rings is 1. The molecule has 2 fully saturated rings. The maximum Gasteiger partial charge on any atom is 0.311 e. The van der Waals surface area contributed by atoms with Gasteiger partial charge >= 0.3 is 5.97 Å². The van der Waals surface area contributed by atoms with E-state index < -0.39 is 5.92 Å². The first-order chi connectivity index (χ1) is 14.1. The lowest BCUT2D eigenvalue weighted by atomic mass is 9.87. The molecule has 3 aliphatic heterocycles. The van der Waals surface area contributed by atoms with E-state index in [1.54, 1.807) is 4.57 Å². The number of ether oxygens (including phenoxy) is 2. The average molecular weight is 402 g/mol. The molecule has 29 heavy (non-hydrogen) atoms. The van der Waals surface area contributed by atoms with Crippen molar-refractivity contribution in [1.82, 2.24) is 9.47 Å². The Morgan fingerprint density at radius 2 is 2.10 bits per heavy atom. The standard InChI is InChI=1S/C22H30N2O5/c1-3-4-15-5-6-17-20-19(22(27)28-2)16(13-25)18(12-24(17)21(15)26)23(20)11-14-7-9-29-10-8-14/h3-6,14,16,18-20,25H,7-13H2,1-2H3/t16-,18-,19+,20+/m0/s1. The van der Waals surface area contributed by atoms with Gasteiger partial charge in [0.15, 0.2) is 0 Å². The zero-order valence-electron chi connectivity index (χ0n) is 17.1. The molecule has 7 heteroatoms. The molecular weight excluding hydrogens is 372 g/mol. The van der Waals surface area contributed by atoms with Gasteiger partial charge in [0.1, 0.15) is 0 Å². The van der Waals surface area contributed by atoms with E-state index in [0.717, 1.165) is 38.3 Å². The minimum absolute atomic E-state index is 0.0384. The molecule has 0 unspecified atom stereocenters. The van der Waals surface area contributed by atoms with E-state index in [0.29, 0.717) is 18.0 Å². The second-order valence-corrected chi connectivity index (χ2v) is 8.29. The quantitative estimate of drug-likeness (QED) is 0.751. The maximum atomic E-state index is 13.1. The predicted molar refractivity (Wildman–Crippen MR) is 108 cm³/mol. The van der Waals surface area contributed by atoms with Gasteiger partial charge in [-0.05, 0) is 37.8 Å². The molecule has 4 atom stereocenters. The van der Waals surface area contributed by atoms with Crippen molar-refractivity contribution in [1.29, 1.82) is 0 Å². The lowest BCUT2D eigenvalue weighted by Crippen LogP contribution is -2.48. The highest BCUT2D eigenvalue weighted by Crippen LogP contribution is 2.49. The average Bonchev–Trinajstić information content (AvgIpc) is 2.95. The van der Waals surface area contributed by atoms with Crippen molar-refractivity contribution in [2.75, 3.05) is 33.5 Å². The summed E-state index contributed by atoms with van der Waals surface area (Å²) in [7, 11) is 1.39. The largest absolute Gasteiger partial charge is 0.469 e. The van der Waals surface area contributed by atoms with E-state index in [9.17, 15) is 14.7 Å². The normalized spacial score (nSPS) is 29.9. The van der Waals surface area contributed by atoms with Crippen molar-refractivity contribution < 1.29 is 19.4 Å². The molecule has 0 spiro atoms. The zero-order chi connectivity index (χ0) is 20.5. The SMILES string of the molecule is CC=Cc1ccc2n(c1=O)C[C@H]1[C@H](CO)[C@@H](C(=O)OC)[C@@H]2N1CC1CCOCC1. The molecule has 0 aromatic carbocycles. The summed E-state index contributed by atoms with van der Waals surface area (Å²) >= 11 is 0. The predicted octanol–water partition coefficient (Wildman–Crippen LogP) is 1.44. The molecule has 3 aliphatic rings. The number of hydrogen-bond donors (Lipinski definition) is 1. The number of carbonyl (C=O) groups excluding carboxylic acids is 1. The third kappa shape index (κ3) is 3.45. The molecule has 0 radical (unpaired) electrons. The summed E-state index contributed by atoms with van der Waals surface area (Å²) in [6, 6.07) is 3.48. The molecule has 0 amide bonds. The van der Waals surface area contributed by atoms with Crippen molar-refractivity contribution in [3.63, 3.8) is 0 Å². The van der Waals surface area contributed by atoms with E-state index in [1.165, 1.54) is 7.11 Å². The number of methoxy groups -OCH3 is 1. The molecule has 1 aromatic heterocycles. The highest BCUT2D eigenvalue weighted by Gasteiger charge is 2.56. The number of esters is 1. The first-order valence-electron chi connectivity index (χ1n) is 10.5. The Hall–Kier alpha value is -1.96. The zero-order valence-corrected chi connectivity index (χ0v) is 17.1. The Morgan fingerprint density at radius 1 is 1.34 bits per heavy atom. The van der Waals surface area contributed by atoms with Gasteiger partial charge in [0, 0.05) is 56.1 Å². The molecule has 4 heterocycles. The van der Waals surface area contributed by atoms with Gasteiger partial charge in [-0.3, -0.25) is 14.5 Å². The Bertz CT molecular complexity index is 842. The number of aromatic nitrogens is 1. The molecule has 2 saturated heterocycles. The van der Waals surface area contributed by atoms with Crippen LogP contribution in [0.3, 0.4) is 0 Å². The van der Waals surface area contributed by atoms with Gasteiger partial charge < -0.3 is 19.1 Å². The number of rotatable bonds is 5. The molecule has 158 valence electrons. The van der Waals surface area contributed by atoms with Crippen LogP contribution in [0, 0.1) is 17.8 Å². The van der Waals surface area contributed by atoms with Crippen molar-refractivity contribution in [2.45, 2.75) is 38.4 Å². The van der Waals surface area contributed by atoms with E-state index in [4.69, 9.17) is 9.47 Å². The van der Waals surface area contributed by atoms with Gasteiger partial charge in [0.05, 0.1) is 19.1 Å². The smallest absolute Gasteiger partial charge is 0.311 e. The van der Waals surface area contributed by atoms with Gasteiger partial charge in [-0.2, -0.15) is 0 Å². The molecule has 0 aliphatic carbocycles. The van der Waals surface area contributed by atoms with E-state index in [-0.39, 0.29) is 36.1 Å². The van der Waals surface area contributed by atoms with Crippen LogP contribution < -0.4 is 5.56 Å². The summed E-state index contributed by atoms with van der Waals surface area (Å²) < 4.78 is 12.4. The van der Waals surface area contributed by atoms with Crippen LogP contribution >= 0.6 is 0 Å². The second-order valence-electron chi connectivity index (χ2n) is 8.29. The highest BCUT2D eigenvalue weighted by atomic mass is 16.5. The Balaban J connectivity index is 1.78. The molecule has 7 nitrogen and oxygen atoms in total. The van der Waals surface area contributed by atoms with Crippen LogP contribution in [-0.4, -0.2) is 60.1 Å². The Labute approximate surface area is 170 Å². The third-order valence-electron chi connectivity index (χ3n) is 6.83. The third-order valence-corrected chi connectivity index (χ3v) is 6.83. The van der Waals surface area contributed by atoms with Gasteiger partial charge in [-0.1, -0.05) is 12.2 Å². The monoisotopic (exact) mass is 402 g/mol. The van der Waals surface area contributed by atoms with Crippen molar-refractivity contribution in [3.8, 4) is 0 Å². The number of fused-ring (bicyclic) bond motifs is 4. The van der Waals surface area contributed by atoms with Gasteiger partial charge in [0.25, 0.3) is 5.56 Å². The lowest BCUT2D eigenvalue weighted by Gasteiger charge is -2.40. The number of carbonyl (C=O) groups is 1. The van der Waals surface area contributed by atoms with Gasteiger partial charge in [-0.25, -0.2) is 0 Å². The summed E-state index contributed by atoms with van der Waals surface area (Å²) in [5, 5.41) is 10.2. The number of allylic oxidation sites excluding steroid dienone is 1. The molecule has 4 rings (SSSR count). The fourth-order valence-electron chi connectivity index (χ4n) is 5.43. The van der Waals surface area contributed by atoms with Crippen molar-refractivity contribution in [2.24, 2.45) is 17.8 Å². The minimum Gasteiger partial charge on any atom is -0.469 e. The number of aliphatic hydroxyl groups is 1. The van der Waals surface area contributed by atoms with Crippen molar-refractivity contribution >= 4 is 12.0 Å². The fraction of sp³-hybridized carbons (Fsp3) is 0.636. The van der Waals surface area contributed by atoms with Gasteiger partial charge in [-0.15, -0.1) is 0 Å². The Kier molecular flexibility index (Phi) is 5.90. The van der Waals surface area contributed by atoms with E-state index >= 15 is 0 Å². The first kappa shape index (κ1) is 20.3. The minimum atomic E-state index is -0.476. The molecular formula is C22H30N2O5. The molecule has 0 saturated carbocycles. The first-order valence-corrected chi connectivity index (χ1v) is 10.5. The maximum absolute atomic E-state index is 13.1. The van der Waals surface area contributed by atoms with Crippen LogP contribution in [0.2, 0.25) is 0 Å². The van der Waals surface area contributed by atoms with Crippen LogP contribution in [-0.2, 0) is 20.8 Å². The topological polar surface area (TPSA) is 81.0 Å². The molecule has 1 aromatic rings. The van der Waals surface area contributed by atoms with Crippen LogP contribution in [0.25, 0.3) is 6.08 Å². The number of nitrogens with zero attached hydrogens (tertiary/aromatic N) is 2. The molecule has 2 bridgehead atoms.